The van der Waals surface area contributed by atoms with Crippen molar-refractivity contribution in [3.8, 4) is 0 Å². The first-order valence-corrected chi connectivity index (χ1v) is 8.44. The molecule has 0 spiro atoms. The highest BCUT2D eigenvalue weighted by molar-refractivity contribution is 5.22. The first-order chi connectivity index (χ1) is 9.90. The Morgan fingerprint density at radius 3 is 1.86 bits per heavy atom. The van der Waals surface area contributed by atoms with Gasteiger partial charge in [-0.3, -0.25) is 4.90 Å². The van der Waals surface area contributed by atoms with Gasteiger partial charge in [-0.15, -0.1) is 0 Å². The van der Waals surface area contributed by atoms with Gasteiger partial charge in [-0.2, -0.15) is 0 Å². The molecule has 0 heterocycles. The molecule has 0 saturated heterocycles. The summed E-state index contributed by atoms with van der Waals surface area (Å²) < 4.78 is 0. The van der Waals surface area contributed by atoms with E-state index in [2.05, 4.69) is 76.0 Å². The molecule has 1 N–H and O–H groups in total. The van der Waals surface area contributed by atoms with Crippen LogP contribution in [-0.4, -0.2) is 30.1 Å². The summed E-state index contributed by atoms with van der Waals surface area (Å²) in [6, 6.07) is 10.3. The van der Waals surface area contributed by atoms with Gasteiger partial charge in [0.1, 0.15) is 0 Å². The number of hydrogen-bond donors (Lipinski definition) is 1. The molecule has 0 aliphatic heterocycles. The molecule has 2 nitrogen and oxygen atoms in total. The Morgan fingerprint density at radius 2 is 1.38 bits per heavy atom. The van der Waals surface area contributed by atoms with E-state index in [-0.39, 0.29) is 0 Å². The maximum absolute atomic E-state index is 3.56. The van der Waals surface area contributed by atoms with Gasteiger partial charge in [0.25, 0.3) is 0 Å². The molecular weight excluding hydrogens is 256 g/mol. The smallest absolute Gasteiger partial charge is 0.0206 e. The maximum Gasteiger partial charge on any atom is 0.0206 e. The average molecular weight is 290 g/mol. The Labute approximate surface area is 131 Å². The van der Waals surface area contributed by atoms with Crippen molar-refractivity contribution < 1.29 is 0 Å². The van der Waals surface area contributed by atoms with Crippen molar-refractivity contribution in [2.75, 3.05) is 13.1 Å². The lowest BCUT2D eigenvalue weighted by molar-refractivity contribution is 0.176. The van der Waals surface area contributed by atoms with E-state index in [1.165, 1.54) is 17.5 Å². The van der Waals surface area contributed by atoms with Gasteiger partial charge in [0.15, 0.2) is 0 Å². The quantitative estimate of drug-likeness (QED) is 0.689. The standard InChI is InChI=1S/C19H34N2/c1-15(2)13-18-7-9-19(10-8-18)14-20-11-12-21(16(3)4)17(5)6/h7-10,15-17,20H,11-14H2,1-6H3. The predicted molar refractivity (Wildman–Crippen MR) is 93.7 cm³/mol. The van der Waals surface area contributed by atoms with E-state index in [0.717, 1.165) is 25.6 Å². The summed E-state index contributed by atoms with van der Waals surface area (Å²) in [7, 11) is 0. The van der Waals surface area contributed by atoms with Crippen LogP contribution in [0.3, 0.4) is 0 Å². The second-order valence-corrected chi connectivity index (χ2v) is 7.02. The SMILES string of the molecule is CC(C)Cc1ccc(CNCCN(C(C)C)C(C)C)cc1. The third-order valence-electron chi connectivity index (χ3n) is 3.87. The minimum absolute atomic E-state index is 0.613. The summed E-state index contributed by atoms with van der Waals surface area (Å²) in [5.74, 6) is 0.729. The summed E-state index contributed by atoms with van der Waals surface area (Å²) in [5, 5.41) is 3.56. The molecule has 0 unspecified atom stereocenters. The zero-order chi connectivity index (χ0) is 15.8. The fourth-order valence-corrected chi connectivity index (χ4v) is 2.82. The van der Waals surface area contributed by atoms with E-state index >= 15 is 0 Å². The van der Waals surface area contributed by atoms with Gasteiger partial charge < -0.3 is 5.32 Å². The highest BCUT2D eigenvalue weighted by Gasteiger charge is 2.11. The average Bonchev–Trinajstić information content (AvgIpc) is 2.38. The molecule has 2 heteroatoms. The Kier molecular flexibility index (Phi) is 7.98. The van der Waals surface area contributed by atoms with E-state index in [0.29, 0.717) is 12.1 Å². The van der Waals surface area contributed by atoms with Gasteiger partial charge in [-0.25, -0.2) is 0 Å². The normalized spacial score (nSPS) is 12.1. The fourth-order valence-electron chi connectivity index (χ4n) is 2.82. The Balaban J connectivity index is 2.32. The van der Waals surface area contributed by atoms with Crippen LogP contribution in [0.25, 0.3) is 0 Å². The van der Waals surface area contributed by atoms with Crippen LogP contribution in [0.15, 0.2) is 24.3 Å². The second kappa shape index (κ2) is 9.22. The lowest BCUT2D eigenvalue weighted by Gasteiger charge is -2.30. The van der Waals surface area contributed by atoms with Crippen molar-refractivity contribution in [2.24, 2.45) is 5.92 Å². The Morgan fingerprint density at radius 1 is 0.857 bits per heavy atom. The molecule has 1 aromatic rings. The maximum atomic E-state index is 3.56. The van der Waals surface area contributed by atoms with Crippen LogP contribution >= 0.6 is 0 Å². The molecule has 0 saturated carbocycles. The molecule has 0 atom stereocenters. The van der Waals surface area contributed by atoms with E-state index < -0.39 is 0 Å². The number of nitrogens with one attached hydrogen (secondary N) is 1. The zero-order valence-corrected chi connectivity index (χ0v) is 14.8. The van der Waals surface area contributed by atoms with Gasteiger partial charge in [-0.1, -0.05) is 38.1 Å². The Bertz CT molecular complexity index is 371. The number of benzene rings is 1. The zero-order valence-electron chi connectivity index (χ0n) is 14.8. The van der Waals surface area contributed by atoms with E-state index in [1.54, 1.807) is 0 Å². The molecule has 0 amide bonds. The molecule has 0 radical (unpaired) electrons. The van der Waals surface area contributed by atoms with Crippen LogP contribution in [0, 0.1) is 5.92 Å². The molecule has 0 fully saturated rings. The number of hydrogen-bond acceptors (Lipinski definition) is 2. The monoisotopic (exact) mass is 290 g/mol. The number of nitrogens with zero attached hydrogens (tertiary/aromatic N) is 1. The van der Waals surface area contributed by atoms with Crippen LogP contribution in [0.2, 0.25) is 0 Å². The summed E-state index contributed by atoms with van der Waals surface area (Å²) >= 11 is 0. The molecule has 21 heavy (non-hydrogen) atoms. The molecule has 0 aliphatic rings. The van der Waals surface area contributed by atoms with Gasteiger partial charge in [0.05, 0.1) is 0 Å². The van der Waals surface area contributed by atoms with E-state index in [4.69, 9.17) is 0 Å². The van der Waals surface area contributed by atoms with E-state index in [1.807, 2.05) is 0 Å². The minimum Gasteiger partial charge on any atom is -0.311 e. The molecule has 0 aliphatic carbocycles. The molecule has 0 aromatic heterocycles. The second-order valence-electron chi connectivity index (χ2n) is 7.02. The third-order valence-corrected chi connectivity index (χ3v) is 3.87. The van der Waals surface area contributed by atoms with Crippen molar-refractivity contribution in [3.05, 3.63) is 35.4 Å². The molecular formula is C19H34N2. The van der Waals surface area contributed by atoms with Crippen molar-refractivity contribution in [1.29, 1.82) is 0 Å². The Hall–Kier alpha value is -0.860. The molecule has 0 bridgehead atoms. The van der Waals surface area contributed by atoms with Crippen LogP contribution in [0.5, 0.6) is 0 Å². The highest BCUT2D eigenvalue weighted by Crippen LogP contribution is 2.09. The predicted octanol–water partition coefficient (Wildman–Crippen LogP) is 4.09. The number of rotatable bonds is 9. The van der Waals surface area contributed by atoms with Gasteiger partial charge in [-0.05, 0) is 51.2 Å². The van der Waals surface area contributed by atoms with Crippen LogP contribution in [-0.2, 0) is 13.0 Å². The van der Waals surface area contributed by atoms with Gasteiger partial charge >= 0.3 is 0 Å². The van der Waals surface area contributed by atoms with Crippen LogP contribution < -0.4 is 5.32 Å². The van der Waals surface area contributed by atoms with Crippen molar-refractivity contribution >= 4 is 0 Å². The molecule has 1 aromatic carbocycles. The van der Waals surface area contributed by atoms with Gasteiger partial charge in [0.2, 0.25) is 0 Å². The van der Waals surface area contributed by atoms with Crippen LogP contribution in [0.1, 0.15) is 52.7 Å². The summed E-state index contributed by atoms with van der Waals surface area (Å²) in [6.07, 6.45) is 1.17. The minimum atomic E-state index is 0.613. The largest absolute Gasteiger partial charge is 0.311 e. The van der Waals surface area contributed by atoms with E-state index in [9.17, 15) is 0 Å². The topological polar surface area (TPSA) is 15.3 Å². The summed E-state index contributed by atoms with van der Waals surface area (Å²) in [6.45, 7) is 16.7. The third kappa shape index (κ3) is 7.10. The molecule has 1 rings (SSSR count). The fraction of sp³-hybridized carbons (Fsp3) is 0.684. The van der Waals surface area contributed by atoms with Crippen molar-refractivity contribution in [2.45, 2.75) is 66.6 Å². The highest BCUT2D eigenvalue weighted by atomic mass is 15.2. The first-order valence-electron chi connectivity index (χ1n) is 8.44. The van der Waals surface area contributed by atoms with Crippen LogP contribution in [0.4, 0.5) is 0 Å². The van der Waals surface area contributed by atoms with Gasteiger partial charge in [0, 0.05) is 31.7 Å². The first kappa shape index (κ1) is 18.2. The molecule has 120 valence electrons. The van der Waals surface area contributed by atoms with Crippen molar-refractivity contribution in [1.82, 2.24) is 10.2 Å². The lowest BCUT2D eigenvalue weighted by Crippen LogP contribution is -2.41. The summed E-state index contributed by atoms with van der Waals surface area (Å²) in [5.41, 5.74) is 2.82. The van der Waals surface area contributed by atoms with Crippen molar-refractivity contribution in [3.63, 3.8) is 0 Å². The summed E-state index contributed by atoms with van der Waals surface area (Å²) in [4.78, 5) is 2.53. The lowest BCUT2D eigenvalue weighted by atomic mass is 10.0.